The predicted molar refractivity (Wildman–Crippen MR) is 125 cm³/mol. The van der Waals surface area contributed by atoms with Crippen LogP contribution in [0.25, 0.3) is 11.0 Å². The van der Waals surface area contributed by atoms with E-state index in [1.165, 1.54) is 38.8 Å². The molecule has 2 aromatic rings. The Balaban J connectivity index is 1.25. The fourth-order valence-electron chi connectivity index (χ4n) is 5.39. The third kappa shape index (κ3) is 4.72. The van der Waals surface area contributed by atoms with Gasteiger partial charge in [-0.25, -0.2) is 9.37 Å². The summed E-state index contributed by atoms with van der Waals surface area (Å²) in [5.41, 5.74) is 2.24. The van der Waals surface area contributed by atoms with Crippen LogP contribution in [0, 0.1) is 11.7 Å². The zero-order valence-corrected chi connectivity index (χ0v) is 19.2. The summed E-state index contributed by atoms with van der Waals surface area (Å²) in [5, 5.41) is 4.61. The van der Waals surface area contributed by atoms with Crippen LogP contribution in [0.2, 0.25) is 0 Å². The second kappa shape index (κ2) is 9.65. The van der Waals surface area contributed by atoms with E-state index in [2.05, 4.69) is 22.1 Å². The number of likely N-dealkylation sites (tertiary alicyclic amines) is 1. The number of halogens is 1. The summed E-state index contributed by atoms with van der Waals surface area (Å²) in [7, 11) is 0. The van der Waals surface area contributed by atoms with E-state index in [1.807, 2.05) is 11.0 Å². The van der Waals surface area contributed by atoms with Gasteiger partial charge in [0.1, 0.15) is 5.82 Å². The van der Waals surface area contributed by atoms with Crippen molar-refractivity contribution in [2.24, 2.45) is 5.92 Å². The summed E-state index contributed by atoms with van der Waals surface area (Å²) in [4.78, 5) is 12.9. The van der Waals surface area contributed by atoms with Crippen LogP contribution in [0.5, 0.6) is 0 Å². The molecule has 0 saturated carbocycles. The molecule has 0 radical (unpaired) electrons. The lowest BCUT2D eigenvalue weighted by Gasteiger charge is -2.44. The van der Waals surface area contributed by atoms with Gasteiger partial charge in [-0.15, -0.1) is 0 Å². The summed E-state index contributed by atoms with van der Waals surface area (Å²) in [6.45, 7) is 8.74. The number of benzene rings is 1. The minimum Gasteiger partial charge on any atom is -0.378 e. The molecule has 0 spiro atoms. The monoisotopic (exact) mass is 447 g/mol. The number of rotatable bonds is 5. The topological polar surface area (TPSA) is 56.4 Å². The van der Waals surface area contributed by atoms with Crippen molar-refractivity contribution in [3.63, 3.8) is 0 Å². The minimum absolute atomic E-state index is 0.193. The first-order valence-corrected chi connectivity index (χ1v) is 12.8. The van der Waals surface area contributed by atoms with Crippen LogP contribution >= 0.6 is 11.8 Å². The quantitative estimate of drug-likeness (QED) is 0.685. The van der Waals surface area contributed by atoms with Crippen LogP contribution in [-0.2, 0) is 4.74 Å². The molecule has 0 aliphatic carbocycles. The fourth-order valence-corrected chi connectivity index (χ4v) is 6.49. The Morgan fingerprint density at radius 3 is 2.77 bits per heavy atom. The second-order valence-electron chi connectivity index (χ2n) is 9.15. The third-order valence-corrected chi connectivity index (χ3v) is 8.22. The number of anilines is 1. The fraction of sp³-hybridized carbons (Fsp3) is 0.696. The van der Waals surface area contributed by atoms with Crippen molar-refractivity contribution in [1.29, 1.82) is 0 Å². The van der Waals surface area contributed by atoms with Gasteiger partial charge in [0.25, 0.3) is 0 Å². The smallest absolute Gasteiger partial charge is 0.166 e. The first kappa shape index (κ1) is 21.5. The summed E-state index contributed by atoms with van der Waals surface area (Å²) in [6.07, 6.45) is 5.32. The molecule has 0 bridgehead atoms. The Hall–Kier alpha value is -1.35. The Morgan fingerprint density at radius 1 is 1.16 bits per heavy atom. The maximum atomic E-state index is 14.7. The molecule has 0 amide bonds. The van der Waals surface area contributed by atoms with Crippen LogP contribution in [0.3, 0.4) is 0 Å². The standard InChI is InChI=1S/C23H34FN5OS/c1-16-20(25-6-5-21(16)28-7-3-2-4-8-28)15-31-23-26-18-13-17(24)22(14-19(18)27-23)29-9-11-30-12-10-29/h13-14,16,20-21,25H,2-12,15H2,1H3,(H,26,27). The van der Waals surface area contributed by atoms with Crippen molar-refractivity contribution in [2.75, 3.05) is 56.6 Å². The average molecular weight is 448 g/mol. The summed E-state index contributed by atoms with van der Waals surface area (Å²) >= 11 is 1.75. The van der Waals surface area contributed by atoms with Crippen molar-refractivity contribution in [1.82, 2.24) is 20.2 Å². The van der Waals surface area contributed by atoms with E-state index in [-0.39, 0.29) is 5.82 Å². The highest BCUT2D eigenvalue weighted by Gasteiger charge is 2.34. The molecular formula is C23H34FN5OS. The molecule has 3 unspecified atom stereocenters. The molecule has 1 aromatic carbocycles. The Bertz CT molecular complexity index is 880. The van der Waals surface area contributed by atoms with Crippen LogP contribution in [-0.4, -0.2) is 78.6 Å². The zero-order chi connectivity index (χ0) is 21.2. The number of aromatic nitrogens is 2. The third-order valence-electron chi connectivity index (χ3n) is 7.23. The van der Waals surface area contributed by atoms with Crippen molar-refractivity contribution in [3.05, 3.63) is 17.9 Å². The molecule has 3 aliphatic heterocycles. The number of aromatic amines is 1. The van der Waals surface area contributed by atoms with Crippen LogP contribution < -0.4 is 10.2 Å². The van der Waals surface area contributed by atoms with Gasteiger partial charge in [0.2, 0.25) is 0 Å². The Labute approximate surface area is 188 Å². The molecule has 3 atom stereocenters. The number of hydrogen-bond donors (Lipinski definition) is 2. The molecule has 4 heterocycles. The summed E-state index contributed by atoms with van der Waals surface area (Å²) in [5.74, 6) is 1.40. The number of thioether (sulfide) groups is 1. The number of nitrogens with zero attached hydrogens (tertiary/aromatic N) is 3. The van der Waals surface area contributed by atoms with Gasteiger partial charge < -0.3 is 24.8 Å². The largest absolute Gasteiger partial charge is 0.378 e. The lowest BCUT2D eigenvalue weighted by Crippen LogP contribution is -2.55. The number of H-pyrrole nitrogens is 1. The Morgan fingerprint density at radius 2 is 1.97 bits per heavy atom. The van der Waals surface area contributed by atoms with Crippen LogP contribution in [0.15, 0.2) is 17.3 Å². The van der Waals surface area contributed by atoms with Crippen LogP contribution in [0.4, 0.5) is 10.1 Å². The number of piperidine rings is 2. The van der Waals surface area contributed by atoms with Gasteiger partial charge in [0.05, 0.1) is 29.9 Å². The average Bonchev–Trinajstić information content (AvgIpc) is 3.20. The molecule has 2 N–H and O–H groups in total. The number of morpholine rings is 1. The van der Waals surface area contributed by atoms with Gasteiger partial charge in [-0.1, -0.05) is 25.1 Å². The normalized spacial score (nSPS) is 28.3. The van der Waals surface area contributed by atoms with Crippen molar-refractivity contribution in [2.45, 2.75) is 49.8 Å². The first-order valence-electron chi connectivity index (χ1n) is 11.8. The summed E-state index contributed by atoms with van der Waals surface area (Å²) < 4.78 is 20.1. The van der Waals surface area contributed by atoms with Crippen LogP contribution in [0.1, 0.15) is 32.6 Å². The van der Waals surface area contributed by atoms with Gasteiger partial charge in [0, 0.05) is 37.0 Å². The van der Waals surface area contributed by atoms with E-state index < -0.39 is 0 Å². The predicted octanol–water partition coefficient (Wildman–Crippen LogP) is 3.48. The number of fused-ring (bicyclic) bond motifs is 1. The SMILES string of the molecule is CC1C(CSc2nc3cc(N4CCOCC4)c(F)cc3[nH]2)NCCC1N1CCCCC1. The van der Waals surface area contributed by atoms with Gasteiger partial charge in [-0.3, -0.25) is 0 Å². The number of nitrogens with one attached hydrogen (secondary N) is 2. The molecule has 3 saturated heterocycles. The zero-order valence-electron chi connectivity index (χ0n) is 18.4. The first-order chi connectivity index (χ1) is 15.2. The van der Waals surface area contributed by atoms with Gasteiger partial charge in [-0.2, -0.15) is 0 Å². The lowest BCUT2D eigenvalue weighted by molar-refractivity contribution is 0.0819. The lowest BCUT2D eigenvalue weighted by atomic mass is 9.86. The van der Waals surface area contributed by atoms with Crippen molar-refractivity contribution in [3.8, 4) is 0 Å². The number of hydrogen-bond acceptors (Lipinski definition) is 6. The molecule has 5 rings (SSSR count). The molecule has 31 heavy (non-hydrogen) atoms. The van der Waals surface area contributed by atoms with Crippen molar-refractivity contribution >= 4 is 28.5 Å². The Kier molecular flexibility index (Phi) is 6.69. The van der Waals surface area contributed by atoms with E-state index in [0.29, 0.717) is 36.9 Å². The summed E-state index contributed by atoms with van der Waals surface area (Å²) in [6, 6.07) is 4.63. The maximum Gasteiger partial charge on any atom is 0.166 e. The van der Waals surface area contributed by atoms with Crippen molar-refractivity contribution < 1.29 is 9.13 Å². The molecule has 6 nitrogen and oxygen atoms in total. The highest BCUT2D eigenvalue weighted by molar-refractivity contribution is 7.99. The maximum absolute atomic E-state index is 14.7. The van der Waals surface area contributed by atoms with E-state index in [9.17, 15) is 4.39 Å². The molecular weight excluding hydrogens is 413 g/mol. The van der Waals surface area contributed by atoms with E-state index in [0.717, 1.165) is 41.6 Å². The van der Waals surface area contributed by atoms with E-state index >= 15 is 0 Å². The van der Waals surface area contributed by atoms with Gasteiger partial charge in [-0.05, 0) is 50.9 Å². The molecule has 1 aromatic heterocycles. The van der Waals surface area contributed by atoms with Gasteiger partial charge in [0.15, 0.2) is 5.16 Å². The number of ether oxygens (including phenoxy) is 1. The van der Waals surface area contributed by atoms with Gasteiger partial charge >= 0.3 is 0 Å². The second-order valence-corrected chi connectivity index (χ2v) is 10.2. The molecule has 3 aliphatic rings. The highest BCUT2D eigenvalue weighted by atomic mass is 32.2. The van der Waals surface area contributed by atoms with E-state index in [4.69, 9.17) is 9.72 Å². The minimum atomic E-state index is -0.193. The molecule has 3 fully saturated rings. The van der Waals surface area contributed by atoms with E-state index in [1.54, 1.807) is 17.8 Å². The molecule has 8 heteroatoms. The highest BCUT2D eigenvalue weighted by Crippen LogP contribution is 2.31. The molecule has 170 valence electrons. The number of imidazole rings is 1.